The highest BCUT2D eigenvalue weighted by Gasteiger charge is 2.23. The molecule has 3 N–H and O–H groups in total. The van der Waals surface area contributed by atoms with Gasteiger partial charge >= 0.3 is 6.03 Å². The zero-order valence-corrected chi connectivity index (χ0v) is 19.4. The molecule has 1 atom stereocenters. The number of amides is 2. The molecule has 0 aliphatic rings. The Morgan fingerprint density at radius 2 is 2.09 bits per heavy atom. The number of rotatable bonds is 8. The zero-order chi connectivity index (χ0) is 23.5. The van der Waals surface area contributed by atoms with Crippen molar-refractivity contribution in [3.8, 4) is 22.8 Å². The molecule has 0 aromatic carbocycles. The highest BCUT2D eigenvalue weighted by atomic mass is 32.1. The van der Waals surface area contributed by atoms with Gasteiger partial charge in [0.05, 0.1) is 31.8 Å². The van der Waals surface area contributed by atoms with Crippen LogP contribution in [0.2, 0.25) is 0 Å². The van der Waals surface area contributed by atoms with Crippen LogP contribution in [0.1, 0.15) is 0 Å². The Morgan fingerprint density at radius 3 is 2.82 bits per heavy atom. The number of aromatic amines is 1. The normalized spacial score (nSPS) is 12.3. The van der Waals surface area contributed by atoms with Gasteiger partial charge in [-0.2, -0.15) is 4.98 Å². The number of carbonyl (C=O) groups excluding carboxylic acids is 1. The predicted octanol–water partition coefficient (Wildman–Crippen LogP) is 3.27. The van der Waals surface area contributed by atoms with Crippen molar-refractivity contribution in [1.29, 1.82) is 0 Å². The maximum Gasteiger partial charge on any atom is 0.320 e. The fourth-order valence-corrected chi connectivity index (χ4v) is 4.28. The van der Waals surface area contributed by atoms with Crippen molar-refractivity contribution in [3.63, 3.8) is 0 Å². The van der Waals surface area contributed by atoms with Crippen molar-refractivity contribution in [2.24, 2.45) is 0 Å². The fourth-order valence-electron chi connectivity index (χ4n) is 3.52. The van der Waals surface area contributed by atoms with E-state index in [0.717, 1.165) is 15.6 Å². The minimum absolute atomic E-state index is 0.0917. The molecule has 4 heterocycles. The van der Waals surface area contributed by atoms with Crippen molar-refractivity contribution in [2.45, 2.75) is 6.17 Å². The van der Waals surface area contributed by atoms with Gasteiger partial charge in [-0.05, 0) is 26.2 Å². The summed E-state index contributed by atoms with van der Waals surface area (Å²) in [6.07, 6.45) is 0.618. The Balaban J connectivity index is 1.60. The highest BCUT2D eigenvalue weighted by molar-refractivity contribution is 7.17. The summed E-state index contributed by atoms with van der Waals surface area (Å²) in [5.74, 6) is 1.32. The molecule has 0 unspecified atom stereocenters. The number of thiazole rings is 1. The smallest absolute Gasteiger partial charge is 0.320 e. The summed E-state index contributed by atoms with van der Waals surface area (Å²) in [5, 5.41) is 5.93. The van der Waals surface area contributed by atoms with Crippen LogP contribution in [0.3, 0.4) is 0 Å². The SMILES string of the molecule is COc1nc2ncsc2c(OC)c1-c1c[nH]c2nc(NC(=O)NC[C@@H](F)CN(C)C)ccc12. The number of fused-ring (bicyclic) bond motifs is 2. The van der Waals surface area contributed by atoms with Crippen LogP contribution < -0.4 is 20.1 Å². The van der Waals surface area contributed by atoms with Crippen LogP contribution >= 0.6 is 11.3 Å². The van der Waals surface area contributed by atoms with Gasteiger partial charge in [-0.1, -0.05) is 0 Å². The Kier molecular flexibility index (Phi) is 6.56. The largest absolute Gasteiger partial charge is 0.494 e. The quantitative estimate of drug-likeness (QED) is 0.360. The molecule has 0 saturated heterocycles. The third-order valence-electron chi connectivity index (χ3n) is 4.90. The molecule has 4 aromatic heterocycles. The van der Waals surface area contributed by atoms with E-state index in [-0.39, 0.29) is 13.1 Å². The maximum atomic E-state index is 13.8. The van der Waals surface area contributed by atoms with E-state index in [1.54, 1.807) is 43.9 Å². The summed E-state index contributed by atoms with van der Waals surface area (Å²) in [5.41, 5.74) is 4.27. The molecule has 0 saturated carbocycles. The van der Waals surface area contributed by atoms with Gasteiger partial charge in [0.2, 0.25) is 5.88 Å². The van der Waals surface area contributed by atoms with Crippen LogP contribution in [0.15, 0.2) is 23.8 Å². The summed E-state index contributed by atoms with van der Waals surface area (Å²) in [6.45, 7) is 0.135. The predicted molar refractivity (Wildman–Crippen MR) is 126 cm³/mol. The number of hydrogen-bond donors (Lipinski definition) is 3. The van der Waals surface area contributed by atoms with Crippen LogP contribution in [0.25, 0.3) is 32.5 Å². The summed E-state index contributed by atoms with van der Waals surface area (Å²) in [4.78, 5) is 30.2. The second kappa shape index (κ2) is 9.55. The number of nitrogens with zero attached hydrogens (tertiary/aromatic N) is 4. The monoisotopic (exact) mass is 473 g/mol. The third kappa shape index (κ3) is 4.66. The average molecular weight is 474 g/mol. The molecular weight excluding hydrogens is 449 g/mol. The van der Waals surface area contributed by atoms with E-state index >= 15 is 0 Å². The lowest BCUT2D eigenvalue weighted by Crippen LogP contribution is -2.37. The number of methoxy groups -OCH3 is 2. The number of pyridine rings is 2. The van der Waals surface area contributed by atoms with E-state index in [4.69, 9.17) is 9.47 Å². The van der Waals surface area contributed by atoms with E-state index in [2.05, 4.69) is 30.6 Å². The standard InChI is InChI=1S/C21H24FN7O3S/c1-29(2)9-11(22)7-24-21(30)27-14-6-5-12-13(8-23-18(12)26-14)15-16(31-3)17-19(25-10-33-17)28-20(15)32-4/h5-6,8,10-11H,7,9H2,1-4H3,(H3,23,24,26,27,30)/t11-/m1/s1. The van der Waals surface area contributed by atoms with Gasteiger partial charge < -0.3 is 24.7 Å². The molecule has 12 heteroatoms. The number of ether oxygens (including phenoxy) is 2. The second-order valence-corrected chi connectivity index (χ2v) is 8.38. The fraction of sp³-hybridized carbons (Fsp3) is 0.333. The molecule has 0 spiro atoms. The van der Waals surface area contributed by atoms with Crippen LogP contribution in [-0.2, 0) is 0 Å². The number of anilines is 1. The van der Waals surface area contributed by atoms with Gasteiger partial charge in [0.25, 0.3) is 0 Å². The Bertz CT molecular complexity index is 1290. The lowest BCUT2D eigenvalue weighted by Gasteiger charge is -2.14. The topological polar surface area (TPSA) is 117 Å². The van der Waals surface area contributed by atoms with Gasteiger partial charge in [0, 0.05) is 23.7 Å². The first kappa shape index (κ1) is 22.7. The minimum atomic E-state index is -1.17. The van der Waals surface area contributed by atoms with E-state index in [9.17, 15) is 9.18 Å². The molecule has 0 bridgehead atoms. The molecule has 10 nitrogen and oxygen atoms in total. The van der Waals surface area contributed by atoms with Gasteiger partial charge in [-0.3, -0.25) is 5.32 Å². The van der Waals surface area contributed by atoms with Gasteiger partial charge in [-0.25, -0.2) is 19.2 Å². The number of hydrogen-bond acceptors (Lipinski definition) is 8. The number of alkyl halides is 1. The lowest BCUT2D eigenvalue weighted by atomic mass is 10.1. The van der Waals surface area contributed by atoms with Crippen LogP contribution in [0, 0.1) is 0 Å². The summed E-state index contributed by atoms with van der Waals surface area (Å²) < 4.78 is 25.8. The van der Waals surface area contributed by atoms with Gasteiger partial charge in [0.1, 0.15) is 22.3 Å². The number of aromatic nitrogens is 4. The van der Waals surface area contributed by atoms with Gasteiger partial charge in [-0.15, -0.1) is 11.3 Å². The van der Waals surface area contributed by atoms with Crippen molar-refractivity contribution < 1.29 is 18.7 Å². The Labute approximate surface area is 193 Å². The molecular formula is C21H24FN7O3S. The third-order valence-corrected chi connectivity index (χ3v) is 5.71. The van der Waals surface area contributed by atoms with E-state index in [1.165, 1.54) is 18.4 Å². The molecule has 0 aliphatic carbocycles. The molecule has 4 rings (SSSR count). The first-order valence-corrected chi connectivity index (χ1v) is 11.0. The zero-order valence-electron chi connectivity index (χ0n) is 18.6. The van der Waals surface area contributed by atoms with Crippen molar-refractivity contribution in [2.75, 3.05) is 46.7 Å². The maximum absolute atomic E-state index is 13.8. The second-order valence-electron chi connectivity index (χ2n) is 7.52. The Hall–Kier alpha value is -3.51. The first-order chi connectivity index (χ1) is 15.9. The average Bonchev–Trinajstić information content (AvgIpc) is 3.42. The minimum Gasteiger partial charge on any atom is -0.494 e. The number of urea groups is 1. The van der Waals surface area contributed by atoms with Gasteiger partial charge in [0.15, 0.2) is 11.4 Å². The molecule has 174 valence electrons. The molecule has 4 aromatic rings. The van der Waals surface area contributed by atoms with Crippen LogP contribution in [0.4, 0.5) is 15.0 Å². The van der Waals surface area contributed by atoms with E-state index in [1.807, 2.05) is 6.07 Å². The van der Waals surface area contributed by atoms with E-state index < -0.39 is 12.2 Å². The molecule has 0 radical (unpaired) electrons. The molecule has 33 heavy (non-hydrogen) atoms. The van der Waals surface area contributed by atoms with E-state index in [0.29, 0.717) is 34.3 Å². The number of nitrogens with one attached hydrogen (secondary N) is 3. The van der Waals surface area contributed by atoms with Crippen LogP contribution in [0.5, 0.6) is 11.6 Å². The number of carbonyl (C=O) groups is 1. The molecule has 0 aliphatic heterocycles. The van der Waals surface area contributed by atoms with Crippen molar-refractivity contribution in [3.05, 3.63) is 23.8 Å². The van der Waals surface area contributed by atoms with Crippen molar-refractivity contribution >= 4 is 44.6 Å². The number of H-pyrrole nitrogens is 1. The molecule has 2 amide bonds. The molecule has 0 fully saturated rings. The van der Waals surface area contributed by atoms with Crippen LogP contribution in [-0.4, -0.2) is 78.4 Å². The summed E-state index contributed by atoms with van der Waals surface area (Å²) in [6, 6.07) is 2.96. The van der Waals surface area contributed by atoms with Crippen molar-refractivity contribution in [1.82, 2.24) is 30.2 Å². The Morgan fingerprint density at radius 1 is 1.27 bits per heavy atom. The summed E-state index contributed by atoms with van der Waals surface area (Å²) in [7, 11) is 6.67. The first-order valence-electron chi connectivity index (χ1n) is 10.1. The highest BCUT2D eigenvalue weighted by Crippen LogP contribution is 2.45. The summed E-state index contributed by atoms with van der Waals surface area (Å²) >= 11 is 1.43. The lowest BCUT2D eigenvalue weighted by molar-refractivity contribution is 0.228. The number of halogens is 1.